The van der Waals surface area contributed by atoms with Gasteiger partial charge in [0.1, 0.15) is 6.61 Å². The van der Waals surface area contributed by atoms with E-state index in [0.717, 1.165) is 6.42 Å². The molecule has 2 heterocycles. The molecule has 0 saturated heterocycles. The van der Waals surface area contributed by atoms with Gasteiger partial charge in [-0.15, -0.1) is 0 Å². The van der Waals surface area contributed by atoms with Gasteiger partial charge in [-0.3, -0.25) is 14.5 Å². The molecule has 10 nitrogen and oxygen atoms in total. The Bertz CT molecular complexity index is 1010. The Morgan fingerprint density at radius 1 is 1.03 bits per heavy atom. The fourth-order valence-corrected chi connectivity index (χ4v) is 3.55. The molecular weight excluding hydrogens is 418 g/mol. The van der Waals surface area contributed by atoms with Crippen molar-refractivity contribution in [3.05, 3.63) is 46.2 Å². The second-order valence-corrected chi connectivity index (χ2v) is 7.38. The molecule has 0 aliphatic carbocycles. The van der Waals surface area contributed by atoms with Crippen LogP contribution in [-0.4, -0.2) is 60.5 Å². The number of benzene rings is 1. The van der Waals surface area contributed by atoms with E-state index < -0.39 is 29.9 Å². The van der Waals surface area contributed by atoms with Crippen LogP contribution in [0.2, 0.25) is 0 Å². The zero-order valence-electron chi connectivity index (χ0n) is 18.1. The highest BCUT2D eigenvalue weighted by atomic mass is 16.5. The van der Waals surface area contributed by atoms with Gasteiger partial charge in [-0.1, -0.05) is 13.3 Å². The quantitative estimate of drug-likeness (QED) is 0.462. The number of hydrogen-bond donors (Lipinski definition) is 2. The summed E-state index contributed by atoms with van der Waals surface area (Å²) in [5, 5.41) is 5.02. The maximum absolute atomic E-state index is 12.6. The first-order valence-corrected chi connectivity index (χ1v) is 10.4. The predicted molar refractivity (Wildman–Crippen MR) is 112 cm³/mol. The number of esters is 2. The molecule has 0 aromatic heterocycles. The maximum Gasteiger partial charge on any atom is 0.338 e. The smallest absolute Gasteiger partial charge is 0.338 e. The molecule has 32 heavy (non-hydrogen) atoms. The first kappa shape index (κ1) is 23.0. The molecule has 0 radical (unpaired) electrons. The highest BCUT2D eigenvalue weighted by molar-refractivity contribution is 6.22. The minimum absolute atomic E-state index is 0.0776. The molecule has 2 aliphatic rings. The molecule has 1 atom stereocenters. The molecule has 2 aliphatic heterocycles. The highest BCUT2D eigenvalue weighted by Crippen LogP contribution is 2.25. The molecular formula is C22H25N3O7. The maximum atomic E-state index is 12.6. The van der Waals surface area contributed by atoms with Crippen molar-refractivity contribution in [2.75, 3.05) is 19.8 Å². The number of carbonyl (C=O) groups is 5. The van der Waals surface area contributed by atoms with Gasteiger partial charge >= 0.3 is 18.0 Å². The van der Waals surface area contributed by atoms with E-state index in [9.17, 15) is 24.0 Å². The van der Waals surface area contributed by atoms with Crippen molar-refractivity contribution in [3.8, 4) is 0 Å². The third kappa shape index (κ3) is 4.48. The van der Waals surface area contributed by atoms with Crippen LogP contribution >= 0.6 is 0 Å². The highest BCUT2D eigenvalue weighted by Gasteiger charge is 2.36. The van der Waals surface area contributed by atoms with Crippen LogP contribution in [0.3, 0.4) is 0 Å². The first-order valence-electron chi connectivity index (χ1n) is 10.4. The van der Waals surface area contributed by atoms with Crippen LogP contribution in [-0.2, 0) is 14.3 Å². The number of urea groups is 1. The number of ether oxygens (including phenoxy) is 2. The zero-order chi connectivity index (χ0) is 23.4. The SMILES string of the molecule is CCCCN1C(=O)c2ccc(C(=O)OCC3=C(C(=O)OCC)C(C)NC(=O)N3)cc2C1=O. The first-order chi connectivity index (χ1) is 15.3. The van der Waals surface area contributed by atoms with Crippen LogP contribution in [0.5, 0.6) is 0 Å². The molecule has 2 N–H and O–H groups in total. The van der Waals surface area contributed by atoms with Crippen LogP contribution in [0, 0.1) is 0 Å². The lowest BCUT2D eigenvalue weighted by Crippen LogP contribution is -2.50. The van der Waals surface area contributed by atoms with Gasteiger partial charge in [0.15, 0.2) is 0 Å². The molecule has 170 valence electrons. The zero-order valence-corrected chi connectivity index (χ0v) is 18.1. The second kappa shape index (κ2) is 9.63. The Kier molecular flexibility index (Phi) is 6.92. The minimum Gasteiger partial charge on any atom is -0.463 e. The van der Waals surface area contributed by atoms with Gasteiger partial charge in [-0.2, -0.15) is 0 Å². The van der Waals surface area contributed by atoms with Crippen LogP contribution in [0.25, 0.3) is 0 Å². The number of unbranched alkanes of at least 4 members (excludes halogenated alkanes) is 1. The Hall–Kier alpha value is -3.69. The van der Waals surface area contributed by atoms with Gasteiger partial charge in [0, 0.05) is 6.54 Å². The standard InChI is InChI=1S/C22H25N3O7/c1-4-6-9-25-18(26)14-8-7-13(10-15(14)19(25)27)20(28)32-11-16-17(21(29)31-5-2)12(3)23-22(30)24-16/h7-8,10,12H,4-6,9,11H2,1-3H3,(H2,23,24,30). The number of amides is 4. The summed E-state index contributed by atoms with van der Waals surface area (Å²) >= 11 is 0. The Labute approximate surface area is 184 Å². The van der Waals surface area contributed by atoms with Crippen molar-refractivity contribution in [3.63, 3.8) is 0 Å². The summed E-state index contributed by atoms with van der Waals surface area (Å²) in [5.74, 6) is -2.22. The van der Waals surface area contributed by atoms with Crippen molar-refractivity contribution in [2.24, 2.45) is 0 Å². The summed E-state index contributed by atoms with van der Waals surface area (Å²) in [6.07, 6.45) is 1.52. The second-order valence-electron chi connectivity index (χ2n) is 7.38. The van der Waals surface area contributed by atoms with Crippen LogP contribution in [0.1, 0.15) is 64.7 Å². The number of hydrogen-bond acceptors (Lipinski definition) is 7. The van der Waals surface area contributed by atoms with Gasteiger partial charge in [0.05, 0.1) is 40.6 Å². The van der Waals surface area contributed by atoms with E-state index in [-0.39, 0.29) is 47.1 Å². The van der Waals surface area contributed by atoms with E-state index in [1.54, 1.807) is 13.8 Å². The molecule has 1 aromatic carbocycles. The number of rotatable bonds is 8. The van der Waals surface area contributed by atoms with Crippen LogP contribution < -0.4 is 10.6 Å². The number of fused-ring (bicyclic) bond motifs is 1. The molecule has 10 heteroatoms. The summed E-state index contributed by atoms with van der Waals surface area (Å²) in [4.78, 5) is 62.8. The summed E-state index contributed by atoms with van der Waals surface area (Å²) < 4.78 is 10.3. The van der Waals surface area contributed by atoms with E-state index in [2.05, 4.69) is 10.6 Å². The topological polar surface area (TPSA) is 131 Å². The van der Waals surface area contributed by atoms with E-state index in [1.165, 1.54) is 23.1 Å². The molecule has 0 bridgehead atoms. The largest absolute Gasteiger partial charge is 0.463 e. The third-order valence-corrected chi connectivity index (χ3v) is 5.15. The number of nitrogens with one attached hydrogen (secondary N) is 2. The van der Waals surface area contributed by atoms with E-state index in [1.807, 2.05) is 6.92 Å². The predicted octanol–water partition coefficient (Wildman–Crippen LogP) is 1.76. The number of nitrogens with zero attached hydrogens (tertiary/aromatic N) is 1. The number of carbonyl (C=O) groups excluding carboxylic acids is 5. The van der Waals surface area contributed by atoms with E-state index in [4.69, 9.17) is 9.47 Å². The summed E-state index contributed by atoms with van der Waals surface area (Å²) in [7, 11) is 0. The summed E-state index contributed by atoms with van der Waals surface area (Å²) in [6.45, 7) is 5.31. The molecule has 4 amide bonds. The van der Waals surface area contributed by atoms with Crippen molar-refractivity contribution in [1.82, 2.24) is 15.5 Å². The molecule has 3 rings (SSSR count). The molecule has 0 spiro atoms. The van der Waals surface area contributed by atoms with Crippen LogP contribution in [0.15, 0.2) is 29.5 Å². The van der Waals surface area contributed by atoms with Crippen molar-refractivity contribution < 1.29 is 33.4 Å². The Balaban J connectivity index is 1.77. The van der Waals surface area contributed by atoms with Gasteiger partial charge in [-0.05, 0) is 38.5 Å². The monoisotopic (exact) mass is 443 g/mol. The number of imide groups is 1. The van der Waals surface area contributed by atoms with Gasteiger partial charge in [-0.25, -0.2) is 14.4 Å². The lowest BCUT2D eigenvalue weighted by Gasteiger charge is -2.26. The fourth-order valence-electron chi connectivity index (χ4n) is 3.55. The Morgan fingerprint density at radius 2 is 1.75 bits per heavy atom. The lowest BCUT2D eigenvalue weighted by atomic mass is 10.0. The van der Waals surface area contributed by atoms with Gasteiger partial charge in [0.25, 0.3) is 11.8 Å². The normalized spacial score (nSPS) is 17.7. The average molecular weight is 443 g/mol. The minimum atomic E-state index is -0.767. The summed E-state index contributed by atoms with van der Waals surface area (Å²) in [6, 6.07) is 2.99. The molecule has 1 unspecified atom stereocenters. The van der Waals surface area contributed by atoms with Crippen molar-refractivity contribution >= 4 is 29.8 Å². The Morgan fingerprint density at radius 3 is 2.44 bits per heavy atom. The van der Waals surface area contributed by atoms with E-state index >= 15 is 0 Å². The average Bonchev–Trinajstić information content (AvgIpc) is 2.99. The van der Waals surface area contributed by atoms with Gasteiger partial charge < -0.3 is 20.1 Å². The molecule has 0 fully saturated rings. The van der Waals surface area contributed by atoms with Gasteiger partial charge in [0.2, 0.25) is 0 Å². The van der Waals surface area contributed by atoms with Crippen molar-refractivity contribution in [1.29, 1.82) is 0 Å². The van der Waals surface area contributed by atoms with E-state index in [0.29, 0.717) is 13.0 Å². The third-order valence-electron chi connectivity index (χ3n) is 5.15. The molecule has 1 aromatic rings. The lowest BCUT2D eigenvalue weighted by molar-refractivity contribution is -0.139. The molecule has 0 saturated carbocycles. The fraction of sp³-hybridized carbons (Fsp3) is 0.409. The van der Waals surface area contributed by atoms with Crippen LogP contribution in [0.4, 0.5) is 4.79 Å². The summed E-state index contributed by atoms with van der Waals surface area (Å²) in [5.41, 5.74) is 0.741. The van der Waals surface area contributed by atoms with Crippen molar-refractivity contribution in [2.45, 2.75) is 39.7 Å².